The van der Waals surface area contributed by atoms with Crippen molar-refractivity contribution in [3.05, 3.63) is 11.8 Å². The normalized spacial score (nSPS) is 13.4. The second-order valence-electron chi connectivity index (χ2n) is 6.25. The van der Waals surface area contributed by atoms with Crippen LogP contribution in [0.25, 0.3) is 0 Å². The van der Waals surface area contributed by atoms with Crippen LogP contribution >= 0.6 is 0 Å². The predicted octanol–water partition coefficient (Wildman–Crippen LogP) is 3.37. The largest absolute Gasteiger partial charge is 0.311 e. The third-order valence-electron chi connectivity index (χ3n) is 2.86. The Bertz CT molecular complexity index is 390. The van der Waals surface area contributed by atoms with Crippen molar-refractivity contribution in [1.29, 1.82) is 0 Å². The van der Waals surface area contributed by atoms with Gasteiger partial charge in [-0.2, -0.15) is 5.10 Å². The molecule has 1 rings (SSSR count). The average Bonchev–Trinajstić information content (AvgIpc) is 2.61. The molecule has 0 spiro atoms. The first-order chi connectivity index (χ1) is 8.31. The summed E-state index contributed by atoms with van der Waals surface area (Å²) in [5.41, 5.74) is 1.31. The number of hydrogen-bond donors (Lipinski definition) is 2. The maximum Gasteiger partial charge on any atom is 0.225 e. The smallest absolute Gasteiger partial charge is 0.225 e. The Labute approximate surface area is 110 Å². The molecule has 0 aliphatic heterocycles. The summed E-state index contributed by atoms with van der Waals surface area (Å²) in [6, 6.07) is 0. The Morgan fingerprint density at radius 3 is 2.72 bits per heavy atom. The van der Waals surface area contributed by atoms with Crippen molar-refractivity contribution in [3.8, 4) is 0 Å². The van der Waals surface area contributed by atoms with Gasteiger partial charge in [0.25, 0.3) is 0 Å². The number of anilines is 1. The Morgan fingerprint density at radius 2 is 2.17 bits per heavy atom. The zero-order valence-electron chi connectivity index (χ0n) is 12.1. The lowest BCUT2D eigenvalue weighted by molar-refractivity contribution is -0.117. The fourth-order valence-corrected chi connectivity index (χ4v) is 2.31. The van der Waals surface area contributed by atoms with E-state index in [0.717, 1.165) is 24.2 Å². The summed E-state index contributed by atoms with van der Waals surface area (Å²) in [5, 5.41) is 9.67. The number of nitrogens with zero attached hydrogens (tertiary/aromatic N) is 1. The van der Waals surface area contributed by atoms with Gasteiger partial charge < -0.3 is 5.32 Å². The van der Waals surface area contributed by atoms with Gasteiger partial charge in [-0.05, 0) is 24.2 Å². The van der Waals surface area contributed by atoms with Gasteiger partial charge in [0.05, 0.1) is 6.20 Å². The van der Waals surface area contributed by atoms with Crippen LogP contribution in [0.5, 0.6) is 0 Å². The summed E-state index contributed by atoms with van der Waals surface area (Å²) < 4.78 is 0. The zero-order chi connectivity index (χ0) is 13.8. The van der Waals surface area contributed by atoms with Crippen LogP contribution < -0.4 is 5.32 Å². The van der Waals surface area contributed by atoms with E-state index in [2.05, 4.69) is 43.2 Å². The molecule has 1 aromatic rings. The number of aryl methyl sites for hydroxylation is 1. The summed E-state index contributed by atoms with van der Waals surface area (Å²) >= 11 is 0. The standard InChI is InChI=1S/C14H25N3O/c1-6-11-9-15-17-13(11)16-12(18)7-10(2)8-14(3,4)5/h9-10H,6-8H2,1-5H3,(H2,15,16,17,18). The SMILES string of the molecule is CCc1cn[nH]c1NC(=O)CC(C)CC(C)(C)C. The van der Waals surface area contributed by atoms with E-state index in [1.54, 1.807) is 6.20 Å². The highest BCUT2D eigenvalue weighted by Gasteiger charge is 2.18. The third-order valence-corrected chi connectivity index (χ3v) is 2.86. The van der Waals surface area contributed by atoms with E-state index >= 15 is 0 Å². The Hall–Kier alpha value is -1.32. The van der Waals surface area contributed by atoms with E-state index in [1.807, 2.05) is 6.92 Å². The first kappa shape index (κ1) is 14.7. The van der Waals surface area contributed by atoms with E-state index < -0.39 is 0 Å². The van der Waals surface area contributed by atoms with Crippen molar-refractivity contribution in [2.75, 3.05) is 5.32 Å². The molecule has 2 N–H and O–H groups in total. The number of amides is 1. The highest BCUT2D eigenvalue weighted by molar-refractivity contribution is 5.90. The van der Waals surface area contributed by atoms with E-state index in [9.17, 15) is 4.79 Å². The van der Waals surface area contributed by atoms with Crippen LogP contribution in [0.1, 0.15) is 53.0 Å². The molecule has 4 nitrogen and oxygen atoms in total. The molecule has 0 bridgehead atoms. The molecule has 1 atom stereocenters. The lowest BCUT2D eigenvalue weighted by Crippen LogP contribution is -2.19. The average molecular weight is 251 g/mol. The van der Waals surface area contributed by atoms with Gasteiger partial charge >= 0.3 is 0 Å². The van der Waals surface area contributed by atoms with Crippen molar-refractivity contribution in [3.63, 3.8) is 0 Å². The monoisotopic (exact) mass is 251 g/mol. The summed E-state index contributed by atoms with van der Waals surface area (Å²) in [6.07, 6.45) is 4.22. The molecule has 18 heavy (non-hydrogen) atoms. The van der Waals surface area contributed by atoms with Gasteiger partial charge in [0.2, 0.25) is 5.91 Å². The van der Waals surface area contributed by atoms with Crippen LogP contribution in [-0.4, -0.2) is 16.1 Å². The van der Waals surface area contributed by atoms with Crippen LogP contribution in [0.3, 0.4) is 0 Å². The zero-order valence-corrected chi connectivity index (χ0v) is 12.1. The van der Waals surface area contributed by atoms with Crippen molar-refractivity contribution >= 4 is 11.7 Å². The van der Waals surface area contributed by atoms with Gasteiger partial charge in [-0.3, -0.25) is 9.89 Å². The highest BCUT2D eigenvalue weighted by atomic mass is 16.1. The first-order valence-corrected chi connectivity index (χ1v) is 6.64. The number of hydrogen-bond acceptors (Lipinski definition) is 2. The van der Waals surface area contributed by atoms with E-state index in [-0.39, 0.29) is 11.3 Å². The second-order valence-corrected chi connectivity index (χ2v) is 6.25. The maximum absolute atomic E-state index is 11.9. The molecule has 4 heteroatoms. The van der Waals surface area contributed by atoms with Crippen molar-refractivity contribution in [2.45, 2.75) is 53.9 Å². The quantitative estimate of drug-likeness (QED) is 0.843. The molecule has 0 saturated carbocycles. The molecule has 102 valence electrons. The highest BCUT2D eigenvalue weighted by Crippen LogP contribution is 2.26. The minimum atomic E-state index is 0.0608. The fourth-order valence-electron chi connectivity index (χ4n) is 2.31. The van der Waals surface area contributed by atoms with E-state index in [1.165, 1.54) is 0 Å². The summed E-state index contributed by atoms with van der Waals surface area (Å²) in [7, 11) is 0. The minimum Gasteiger partial charge on any atom is -0.311 e. The Balaban J connectivity index is 2.47. The number of nitrogens with one attached hydrogen (secondary N) is 2. The minimum absolute atomic E-state index is 0.0608. The molecule has 0 aliphatic carbocycles. The number of carbonyl (C=O) groups excluding carboxylic acids is 1. The van der Waals surface area contributed by atoms with Crippen LogP contribution in [0.15, 0.2) is 6.20 Å². The molecule has 0 aromatic carbocycles. The number of aromatic nitrogens is 2. The van der Waals surface area contributed by atoms with Gasteiger partial charge in [0, 0.05) is 12.0 Å². The summed E-state index contributed by atoms with van der Waals surface area (Å²) in [6.45, 7) is 10.8. The van der Waals surface area contributed by atoms with Gasteiger partial charge in [-0.25, -0.2) is 0 Å². The molecule has 0 saturated heterocycles. The predicted molar refractivity (Wildman–Crippen MR) is 74.4 cm³/mol. The summed E-state index contributed by atoms with van der Waals surface area (Å²) in [4.78, 5) is 11.9. The van der Waals surface area contributed by atoms with Crippen molar-refractivity contribution in [2.24, 2.45) is 11.3 Å². The van der Waals surface area contributed by atoms with Gasteiger partial charge in [0.15, 0.2) is 0 Å². The summed E-state index contributed by atoms with van der Waals surface area (Å²) in [5.74, 6) is 1.19. The molecular formula is C14H25N3O. The van der Waals surface area contributed by atoms with Gasteiger partial charge in [0.1, 0.15) is 5.82 Å². The van der Waals surface area contributed by atoms with E-state index in [0.29, 0.717) is 12.3 Å². The molecule has 1 amide bonds. The van der Waals surface area contributed by atoms with Crippen molar-refractivity contribution in [1.82, 2.24) is 10.2 Å². The second kappa shape index (κ2) is 6.03. The lowest BCUT2D eigenvalue weighted by atomic mass is 9.84. The third kappa shape index (κ3) is 4.90. The first-order valence-electron chi connectivity index (χ1n) is 6.64. The van der Waals surface area contributed by atoms with Crippen LogP contribution in [0.4, 0.5) is 5.82 Å². The van der Waals surface area contributed by atoms with Crippen LogP contribution in [-0.2, 0) is 11.2 Å². The van der Waals surface area contributed by atoms with Crippen LogP contribution in [0, 0.1) is 11.3 Å². The number of aromatic amines is 1. The van der Waals surface area contributed by atoms with Gasteiger partial charge in [-0.15, -0.1) is 0 Å². The Kier molecular flexibility index (Phi) is 4.93. The molecule has 0 radical (unpaired) electrons. The number of rotatable bonds is 5. The molecule has 1 heterocycles. The van der Waals surface area contributed by atoms with Crippen LogP contribution in [0.2, 0.25) is 0 Å². The maximum atomic E-state index is 11.9. The topological polar surface area (TPSA) is 57.8 Å². The fraction of sp³-hybridized carbons (Fsp3) is 0.714. The van der Waals surface area contributed by atoms with E-state index in [4.69, 9.17) is 0 Å². The van der Waals surface area contributed by atoms with Gasteiger partial charge in [-0.1, -0.05) is 34.6 Å². The molecule has 0 fully saturated rings. The molecular weight excluding hydrogens is 226 g/mol. The molecule has 1 aromatic heterocycles. The lowest BCUT2D eigenvalue weighted by Gasteiger charge is -2.22. The van der Waals surface area contributed by atoms with Crippen molar-refractivity contribution < 1.29 is 4.79 Å². The molecule has 0 aliphatic rings. The number of H-pyrrole nitrogens is 1. The number of carbonyl (C=O) groups is 1. The Morgan fingerprint density at radius 1 is 1.50 bits per heavy atom. The molecule has 1 unspecified atom stereocenters.